The SMILES string of the molecule is F[C-](F)C(F)(F)C(F)(F)C(F)(F)F.[Zn+][Br]. The molecule has 0 aliphatic rings. The summed E-state index contributed by atoms with van der Waals surface area (Å²) in [5.74, 6) is -13.3. The Kier molecular flexibility index (Phi) is 6.78. The van der Waals surface area contributed by atoms with Gasteiger partial charge in [0, 0.05) is 0 Å². The van der Waals surface area contributed by atoms with Gasteiger partial charge in [-0.2, -0.15) is 22.0 Å². The van der Waals surface area contributed by atoms with Crippen LogP contribution in [0.4, 0.5) is 39.5 Å². The quantitative estimate of drug-likeness (QED) is 0.393. The summed E-state index contributed by atoms with van der Waals surface area (Å²) in [4.78, 5) is 0. The Bertz CT molecular complexity index is 187. The van der Waals surface area contributed by atoms with Crippen molar-refractivity contribution >= 4 is 13.6 Å². The summed E-state index contributed by atoms with van der Waals surface area (Å²) in [6, 6.07) is 0. The van der Waals surface area contributed by atoms with Crippen LogP contribution in [0.1, 0.15) is 0 Å². The van der Waals surface area contributed by atoms with Crippen LogP contribution in [0.2, 0.25) is 0 Å². The van der Waals surface area contributed by atoms with Gasteiger partial charge in [0.2, 0.25) is 0 Å². The normalized spacial score (nSPS) is 13.7. The molecule has 88 valence electrons. The third-order valence-corrected chi connectivity index (χ3v) is 0.988. The molecule has 0 N–H and O–H groups in total. The molecule has 0 aromatic rings. The average Bonchev–Trinajstić information content (AvgIpc) is 2.05. The van der Waals surface area contributed by atoms with Gasteiger partial charge in [-0.1, -0.05) is 0 Å². The molecule has 0 aromatic carbocycles. The fourth-order valence-electron chi connectivity index (χ4n) is 0.297. The summed E-state index contributed by atoms with van der Waals surface area (Å²) >= 11 is 4.25. The molecule has 0 aromatic heterocycles. The number of alkyl halides is 7. The molecule has 0 saturated carbocycles. The van der Waals surface area contributed by atoms with Gasteiger partial charge in [0.25, 0.3) is 5.92 Å². The van der Waals surface area contributed by atoms with Gasteiger partial charge in [-0.3, -0.25) is 0 Å². The molecule has 11 heteroatoms. The Balaban J connectivity index is 0. The first-order chi connectivity index (χ1) is 6.44. The molecule has 0 amide bonds. The van der Waals surface area contributed by atoms with Crippen molar-refractivity contribution in [2.75, 3.05) is 0 Å². The van der Waals surface area contributed by atoms with Gasteiger partial charge in [-0.25, -0.2) is 8.78 Å². The molecular formula is C4BrF9Zn. The Labute approximate surface area is 94.2 Å². The van der Waals surface area contributed by atoms with Crippen LogP contribution >= 0.6 is 13.6 Å². The Morgan fingerprint density at radius 2 is 1.07 bits per heavy atom. The van der Waals surface area contributed by atoms with Gasteiger partial charge in [-0.05, 0) is 0 Å². The van der Waals surface area contributed by atoms with E-state index in [9.17, 15) is 39.5 Å². The molecule has 0 unspecified atom stereocenters. The molecule has 0 atom stereocenters. The van der Waals surface area contributed by atoms with Crippen LogP contribution in [0.5, 0.6) is 0 Å². The van der Waals surface area contributed by atoms with E-state index in [1.165, 1.54) is 16.3 Å². The fourth-order valence-corrected chi connectivity index (χ4v) is 0.297. The molecule has 0 spiro atoms. The number of hydrogen-bond donors (Lipinski definition) is 0. The molecule has 0 nitrogen and oxygen atoms in total. The van der Waals surface area contributed by atoms with Crippen molar-refractivity contribution in [3.63, 3.8) is 0 Å². The van der Waals surface area contributed by atoms with Gasteiger partial charge >= 0.3 is 42.1 Å². The topological polar surface area (TPSA) is 0 Å². The zero-order chi connectivity index (χ0) is 13.1. The van der Waals surface area contributed by atoms with Crippen LogP contribution in [0, 0.1) is 6.43 Å². The third-order valence-electron chi connectivity index (χ3n) is 0.988. The first-order valence-corrected chi connectivity index (χ1v) is 9.67. The van der Waals surface area contributed by atoms with Crippen LogP contribution in [0.25, 0.3) is 0 Å². The Hall–Kier alpha value is 0.473. The van der Waals surface area contributed by atoms with E-state index in [0.717, 1.165) is 0 Å². The average molecular weight is 364 g/mol. The number of halogens is 10. The van der Waals surface area contributed by atoms with Crippen LogP contribution in [-0.4, -0.2) is 18.0 Å². The van der Waals surface area contributed by atoms with Gasteiger partial charge in [0.15, 0.2) is 0 Å². The second-order valence-corrected chi connectivity index (χ2v) is 1.91. The van der Waals surface area contributed by atoms with Crippen molar-refractivity contribution in [1.82, 2.24) is 0 Å². The summed E-state index contributed by atoms with van der Waals surface area (Å²) in [6.07, 6.45) is -11.0. The molecule has 0 bridgehead atoms. The monoisotopic (exact) mass is 362 g/mol. The van der Waals surface area contributed by atoms with Crippen molar-refractivity contribution in [3.05, 3.63) is 6.43 Å². The zero-order valence-corrected chi connectivity index (χ0v) is 11.0. The Morgan fingerprint density at radius 3 is 1.13 bits per heavy atom. The minimum atomic E-state index is -6.77. The molecule has 0 fully saturated rings. The van der Waals surface area contributed by atoms with Crippen molar-refractivity contribution in [2.24, 2.45) is 0 Å². The maximum absolute atomic E-state index is 11.6. The molecule has 0 aliphatic heterocycles. The van der Waals surface area contributed by atoms with Crippen LogP contribution < -0.4 is 0 Å². The van der Waals surface area contributed by atoms with Crippen molar-refractivity contribution < 1.29 is 55.9 Å². The van der Waals surface area contributed by atoms with Crippen molar-refractivity contribution in [1.29, 1.82) is 0 Å². The fraction of sp³-hybridized carbons (Fsp3) is 0.750. The second kappa shape index (κ2) is 5.70. The summed E-state index contributed by atoms with van der Waals surface area (Å²) in [5.41, 5.74) is 0. The third kappa shape index (κ3) is 3.76. The molecular weight excluding hydrogens is 364 g/mol. The predicted octanol–water partition coefficient (Wildman–Crippen LogP) is 4.09. The Morgan fingerprint density at radius 1 is 0.800 bits per heavy atom. The predicted molar refractivity (Wildman–Crippen MR) is 30.3 cm³/mol. The van der Waals surface area contributed by atoms with Crippen molar-refractivity contribution in [2.45, 2.75) is 18.0 Å². The van der Waals surface area contributed by atoms with E-state index in [1.54, 1.807) is 0 Å². The van der Waals surface area contributed by atoms with E-state index in [-0.39, 0.29) is 0 Å². The number of hydrogen-bond acceptors (Lipinski definition) is 0. The zero-order valence-electron chi connectivity index (χ0n) is 6.49. The standard InChI is InChI=1S/C4F9.BrH.Zn/c5-1(6)2(7,8)3(9,10)4(11,12)13;;/h;1H;/q-1;;+2/p-1. The molecule has 0 saturated heterocycles. The first-order valence-electron chi connectivity index (χ1n) is 2.72. The molecule has 0 heterocycles. The van der Waals surface area contributed by atoms with Gasteiger partial charge < -0.3 is 8.78 Å². The summed E-state index contributed by atoms with van der Waals surface area (Å²) in [7, 11) is 0. The van der Waals surface area contributed by atoms with E-state index in [4.69, 9.17) is 0 Å². The summed E-state index contributed by atoms with van der Waals surface area (Å²) in [6.45, 7) is 0. The molecule has 0 radical (unpaired) electrons. The van der Waals surface area contributed by atoms with E-state index in [1.807, 2.05) is 0 Å². The minimum absolute atomic E-state index is 1.19. The van der Waals surface area contributed by atoms with Crippen LogP contribution in [0.15, 0.2) is 0 Å². The van der Waals surface area contributed by atoms with E-state index in [2.05, 4.69) is 13.6 Å². The second-order valence-electron chi connectivity index (χ2n) is 1.91. The van der Waals surface area contributed by atoms with Crippen LogP contribution in [-0.2, 0) is 16.3 Å². The van der Waals surface area contributed by atoms with Crippen LogP contribution in [0.3, 0.4) is 0 Å². The number of rotatable bonds is 2. The van der Waals surface area contributed by atoms with E-state index < -0.39 is 24.4 Å². The molecule has 0 aliphatic carbocycles. The van der Waals surface area contributed by atoms with Crippen molar-refractivity contribution in [3.8, 4) is 0 Å². The van der Waals surface area contributed by atoms with Gasteiger partial charge in [0.1, 0.15) is 0 Å². The first kappa shape index (κ1) is 17.9. The van der Waals surface area contributed by atoms with E-state index >= 15 is 0 Å². The maximum atomic E-state index is 11.6. The van der Waals surface area contributed by atoms with Gasteiger partial charge in [0.05, 0.1) is 6.43 Å². The summed E-state index contributed by atoms with van der Waals surface area (Å²) < 4.78 is 102. The van der Waals surface area contributed by atoms with E-state index in [0.29, 0.717) is 0 Å². The molecule has 0 rings (SSSR count). The molecule has 15 heavy (non-hydrogen) atoms. The summed E-state index contributed by atoms with van der Waals surface area (Å²) in [5, 5.41) is 0. The van der Waals surface area contributed by atoms with Gasteiger partial charge in [-0.15, -0.1) is 0 Å².